The van der Waals surface area contributed by atoms with E-state index in [0.717, 1.165) is 18.1 Å². The molecule has 0 bridgehead atoms. The molecule has 0 aromatic carbocycles. The second-order valence-corrected chi connectivity index (χ2v) is 6.65. The highest BCUT2D eigenvalue weighted by molar-refractivity contribution is 7.18. The van der Waals surface area contributed by atoms with Crippen LogP contribution in [0.25, 0.3) is 0 Å². The number of carbonyl (C=O) groups is 1. The lowest BCUT2D eigenvalue weighted by Crippen LogP contribution is -2.37. The molecule has 2 heterocycles. The van der Waals surface area contributed by atoms with Crippen molar-refractivity contribution in [1.82, 2.24) is 10.2 Å². The van der Waals surface area contributed by atoms with Crippen LogP contribution >= 0.6 is 11.3 Å². The van der Waals surface area contributed by atoms with E-state index in [9.17, 15) is 4.79 Å². The van der Waals surface area contributed by atoms with Gasteiger partial charge in [0.05, 0.1) is 10.7 Å². The number of hydrogen-bond donors (Lipinski definition) is 2. The first-order chi connectivity index (χ1) is 10.0. The van der Waals surface area contributed by atoms with Crippen LogP contribution in [0.5, 0.6) is 0 Å². The first kappa shape index (κ1) is 15.9. The molecule has 1 aromatic rings. The van der Waals surface area contributed by atoms with Crippen LogP contribution in [-0.2, 0) is 0 Å². The number of hydrogen-bond acceptors (Lipinski definition) is 5. The molecule has 2 rings (SSSR count). The number of nitrogens with zero attached hydrogens (tertiary/aromatic N) is 2. The Balaban J connectivity index is 2.13. The summed E-state index contributed by atoms with van der Waals surface area (Å²) in [6, 6.07) is 2.43. The molecule has 116 valence electrons. The van der Waals surface area contributed by atoms with E-state index >= 15 is 0 Å². The van der Waals surface area contributed by atoms with E-state index in [0.29, 0.717) is 23.2 Å². The predicted molar refractivity (Wildman–Crippen MR) is 90.2 cm³/mol. The summed E-state index contributed by atoms with van der Waals surface area (Å²) in [5.74, 6) is -0.119. The van der Waals surface area contributed by atoms with Crippen LogP contribution in [0.3, 0.4) is 0 Å². The van der Waals surface area contributed by atoms with Crippen LogP contribution in [0.4, 0.5) is 10.7 Å². The third-order valence-electron chi connectivity index (χ3n) is 3.60. The van der Waals surface area contributed by atoms with Crippen molar-refractivity contribution in [2.24, 2.45) is 0 Å². The van der Waals surface area contributed by atoms with E-state index in [1.807, 2.05) is 6.07 Å². The van der Waals surface area contributed by atoms with Gasteiger partial charge in [0.1, 0.15) is 4.88 Å². The standard InChI is InChI=1S/C15H24N4OS/c1-4-7-17-15(20)14-12(16)9-13(21-14)19-8-5-6-11(19)10-18(2)3/h4,9,11H,1,5-8,10,16H2,2-3H3,(H,17,20). The highest BCUT2D eigenvalue weighted by atomic mass is 32.1. The van der Waals surface area contributed by atoms with E-state index in [-0.39, 0.29) is 5.91 Å². The fourth-order valence-corrected chi connectivity index (χ4v) is 3.79. The maximum atomic E-state index is 12.1. The van der Waals surface area contributed by atoms with Gasteiger partial charge in [-0.3, -0.25) is 4.79 Å². The number of anilines is 2. The molecule has 1 saturated heterocycles. The molecule has 1 aliphatic heterocycles. The molecule has 1 unspecified atom stereocenters. The molecule has 0 radical (unpaired) electrons. The largest absolute Gasteiger partial charge is 0.397 e. The summed E-state index contributed by atoms with van der Waals surface area (Å²) in [5, 5.41) is 3.88. The number of amides is 1. The van der Waals surface area contributed by atoms with Gasteiger partial charge in [0, 0.05) is 25.7 Å². The van der Waals surface area contributed by atoms with Crippen LogP contribution in [-0.4, -0.2) is 50.6 Å². The van der Waals surface area contributed by atoms with Gasteiger partial charge in [-0.1, -0.05) is 6.08 Å². The smallest absolute Gasteiger partial charge is 0.263 e. The van der Waals surface area contributed by atoms with Gasteiger partial charge in [0.15, 0.2) is 0 Å². The monoisotopic (exact) mass is 308 g/mol. The minimum absolute atomic E-state index is 0.119. The predicted octanol–water partition coefficient (Wildman–Crippen LogP) is 1.78. The molecular weight excluding hydrogens is 284 g/mol. The van der Waals surface area contributed by atoms with E-state index in [4.69, 9.17) is 5.73 Å². The van der Waals surface area contributed by atoms with Crippen LogP contribution in [0.2, 0.25) is 0 Å². The Kier molecular flexibility index (Phi) is 5.25. The van der Waals surface area contributed by atoms with E-state index in [1.54, 1.807) is 6.08 Å². The van der Waals surface area contributed by atoms with E-state index in [2.05, 4.69) is 35.8 Å². The molecule has 1 fully saturated rings. The molecule has 21 heavy (non-hydrogen) atoms. The lowest BCUT2D eigenvalue weighted by atomic mass is 10.2. The number of nitrogens with two attached hydrogens (primary N) is 1. The molecule has 0 saturated carbocycles. The normalized spacial score (nSPS) is 18.2. The molecule has 3 N–H and O–H groups in total. The average Bonchev–Trinajstić information content (AvgIpc) is 3.01. The summed E-state index contributed by atoms with van der Waals surface area (Å²) in [6.45, 7) is 6.11. The van der Waals surface area contributed by atoms with Gasteiger partial charge in [-0.05, 0) is 33.0 Å². The maximum Gasteiger partial charge on any atom is 0.263 e. The zero-order chi connectivity index (χ0) is 15.4. The van der Waals surface area contributed by atoms with Crippen molar-refractivity contribution in [3.63, 3.8) is 0 Å². The molecular formula is C15H24N4OS. The topological polar surface area (TPSA) is 61.6 Å². The van der Waals surface area contributed by atoms with Gasteiger partial charge in [-0.25, -0.2) is 0 Å². The minimum atomic E-state index is -0.119. The molecule has 1 aliphatic rings. The van der Waals surface area contributed by atoms with E-state index < -0.39 is 0 Å². The highest BCUT2D eigenvalue weighted by Crippen LogP contribution is 2.36. The Morgan fingerprint density at radius 3 is 3.10 bits per heavy atom. The Morgan fingerprint density at radius 2 is 2.43 bits per heavy atom. The maximum absolute atomic E-state index is 12.1. The van der Waals surface area contributed by atoms with Crippen molar-refractivity contribution in [3.8, 4) is 0 Å². The van der Waals surface area contributed by atoms with Crippen LogP contribution in [0.1, 0.15) is 22.5 Å². The summed E-state index contributed by atoms with van der Waals surface area (Å²) in [6.07, 6.45) is 4.04. The molecule has 1 atom stereocenters. The SMILES string of the molecule is C=CCNC(=O)c1sc(N2CCCC2CN(C)C)cc1N. The highest BCUT2D eigenvalue weighted by Gasteiger charge is 2.27. The Bertz CT molecular complexity index is 512. The fourth-order valence-electron chi connectivity index (χ4n) is 2.69. The Morgan fingerprint density at radius 1 is 1.67 bits per heavy atom. The number of likely N-dealkylation sites (N-methyl/N-ethyl adjacent to an activating group) is 1. The first-order valence-electron chi connectivity index (χ1n) is 7.22. The molecule has 0 spiro atoms. The second-order valence-electron chi connectivity index (χ2n) is 5.62. The summed E-state index contributed by atoms with van der Waals surface area (Å²) in [5.41, 5.74) is 6.58. The average molecular weight is 308 g/mol. The van der Waals surface area contributed by atoms with Crippen molar-refractivity contribution < 1.29 is 4.79 Å². The van der Waals surface area contributed by atoms with Crippen LogP contribution in [0.15, 0.2) is 18.7 Å². The molecule has 1 aromatic heterocycles. The van der Waals surface area contributed by atoms with Gasteiger partial charge in [0.2, 0.25) is 0 Å². The third kappa shape index (κ3) is 3.77. The quantitative estimate of drug-likeness (QED) is 0.786. The molecule has 1 amide bonds. The van der Waals surface area contributed by atoms with E-state index in [1.165, 1.54) is 24.2 Å². The van der Waals surface area contributed by atoms with Crippen molar-refractivity contribution in [3.05, 3.63) is 23.6 Å². The molecule has 6 heteroatoms. The summed E-state index contributed by atoms with van der Waals surface area (Å²) >= 11 is 1.48. The Hall–Kier alpha value is -1.53. The lowest BCUT2D eigenvalue weighted by molar-refractivity contribution is 0.0963. The third-order valence-corrected chi connectivity index (χ3v) is 4.78. The lowest BCUT2D eigenvalue weighted by Gasteiger charge is -2.27. The van der Waals surface area contributed by atoms with Crippen molar-refractivity contribution >= 4 is 27.9 Å². The van der Waals surface area contributed by atoms with Gasteiger partial charge in [-0.2, -0.15) is 0 Å². The second kappa shape index (κ2) is 6.95. The van der Waals surface area contributed by atoms with Gasteiger partial charge in [-0.15, -0.1) is 17.9 Å². The fraction of sp³-hybridized carbons (Fsp3) is 0.533. The van der Waals surface area contributed by atoms with Crippen molar-refractivity contribution in [1.29, 1.82) is 0 Å². The molecule has 0 aliphatic carbocycles. The van der Waals surface area contributed by atoms with Crippen LogP contribution < -0.4 is 16.0 Å². The van der Waals surface area contributed by atoms with Crippen molar-refractivity contribution in [2.45, 2.75) is 18.9 Å². The summed E-state index contributed by atoms with van der Waals surface area (Å²) < 4.78 is 0. The number of carbonyl (C=O) groups excluding carboxylic acids is 1. The number of rotatable bonds is 6. The van der Waals surface area contributed by atoms with Gasteiger partial charge >= 0.3 is 0 Å². The summed E-state index contributed by atoms with van der Waals surface area (Å²) in [4.78, 5) is 17.2. The Labute approximate surface area is 130 Å². The van der Waals surface area contributed by atoms with Gasteiger partial charge in [0.25, 0.3) is 5.91 Å². The van der Waals surface area contributed by atoms with Crippen molar-refractivity contribution in [2.75, 3.05) is 44.4 Å². The number of thiophene rings is 1. The zero-order valence-electron chi connectivity index (χ0n) is 12.8. The minimum Gasteiger partial charge on any atom is -0.397 e. The zero-order valence-corrected chi connectivity index (χ0v) is 13.6. The molecule has 5 nitrogen and oxygen atoms in total. The number of nitrogens with one attached hydrogen (secondary N) is 1. The van der Waals surface area contributed by atoms with Gasteiger partial charge < -0.3 is 20.9 Å². The summed E-state index contributed by atoms with van der Waals surface area (Å²) in [7, 11) is 4.18. The number of nitrogen functional groups attached to an aromatic ring is 1. The first-order valence-corrected chi connectivity index (χ1v) is 8.04. The van der Waals surface area contributed by atoms with Crippen LogP contribution in [0, 0.1) is 0 Å².